The maximum absolute atomic E-state index is 13.8. The van der Waals surface area contributed by atoms with Gasteiger partial charge in [0.2, 0.25) is 0 Å². The second kappa shape index (κ2) is 5.41. The quantitative estimate of drug-likeness (QED) is 0.696. The molecule has 3 aromatic rings. The molecule has 21 heavy (non-hydrogen) atoms. The van der Waals surface area contributed by atoms with Crippen molar-refractivity contribution in [2.24, 2.45) is 0 Å². The summed E-state index contributed by atoms with van der Waals surface area (Å²) in [6, 6.07) is 6.70. The molecule has 0 saturated carbocycles. The number of aromatic amines is 1. The van der Waals surface area contributed by atoms with Crippen molar-refractivity contribution in [3.63, 3.8) is 0 Å². The number of hydrogen-bond donors (Lipinski definition) is 1. The summed E-state index contributed by atoms with van der Waals surface area (Å²) in [7, 11) is 0. The number of rotatable bonds is 3. The summed E-state index contributed by atoms with van der Waals surface area (Å²) in [5.74, 6) is 1.04. The third-order valence-electron chi connectivity index (χ3n) is 3.43. The lowest BCUT2D eigenvalue weighted by Gasteiger charge is -2.06. The lowest BCUT2D eigenvalue weighted by Crippen LogP contribution is -1.99. The lowest BCUT2D eigenvalue weighted by molar-refractivity contribution is 0.567. The summed E-state index contributed by atoms with van der Waals surface area (Å²) in [5, 5.41) is 0.734. The Hall–Kier alpha value is -2.01. The Balaban J connectivity index is 2.22. The average Bonchev–Trinajstić information content (AvgIpc) is 2.88. The maximum Gasteiger partial charge on any atom is 0.170 e. The van der Waals surface area contributed by atoms with Crippen LogP contribution in [0.3, 0.4) is 0 Å². The first-order chi connectivity index (χ1) is 10.1. The van der Waals surface area contributed by atoms with Crippen LogP contribution in [0.1, 0.15) is 24.7 Å². The van der Waals surface area contributed by atoms with Gasteiger partial charge in [0.15, 0.2) is 17.2 Å². The molecule has 1 N–H and O–H groups in total. The topological polar surface area (TPSA) is 41.8 Å². The van der Waals surface area contributed by atoms with E-state index in [2.05, 4.69) is 16.9 Å². The van der Waals surface area contributed by atoms with E-state index in [0.717, 1.165) is 35.3 Å². The number of furan rings is 1. The summed E-state index contributed by atoms with van der Waals surface area (Å²) < 4.78 is 20.0. The zero-order chi connectivity index (χ0) is 15.0. The van der Waals surface area contributed by atoms with Crippen LogP contribution in [0.4, 0.5) is 4.39 Å². The van der Waals surface area contributed by atoms with Gasteiger partial charge in [0.25, 0.3) is 0 Å². The Morgan fingerprint density at radius 2 is 2.19 bits per heavy atom. The van der Waals surface area contributed by atoms with Gasteiger partial charge < -0.3 is 9.40 Å². The van der Waals surface area contributed by atoms with Gasteiger partial charge in [0.05, 0.1) is 5.69 Å². The molecule has 0 aliphatic heterocycles. The Labute approximate surface area is 126 Å². The summed E-state index contributed by atoms with van der Waals surface area (Å²) in [6.45, 7) is 3.97. The highest BCUT2D eigenvalue weighted by Crippen LogP contribution is 2.30. The summed E-state index contributed by atoms with van der Waals surface area (Å²) in [4.78, 5) is 7.62. The molecule has 3 rings (SSSR count). The second-order valence-corrected chi connectivity index (χ2v) is 5.39. The molecular weight excluding hydrogens is 287 g/mol. The van der Waals surface area contributed by atoms with Gasteiger partial charge in [0.1, 0.15) is 10.5 Å². The van der Waals surface area contributed by atoms with E-state index in [9.17, 15) is 4.39 Å². The Morgan fingerprint density at radius 3 is 2.90 bits per heavy atom. The number of nitrogens with one attached hydrogen (secondary N) is 1. The molecule has 0 fully saturated rings. The number of nitrogens with zero attached hydrogens (tertiary/aromatic N) is 1. The molecule has 0 unspecified atom stereocenters. The molecule has 0 aliphatic rings. The largest absolute Gasteiger partial charge is 0.451 e. The van der Waals surface area contributed by atoms with E-state index in [4.69, 9.17) is 16.6 Å². The van der Waals surface area contributed by atoms with Crippen molar-refractivity contribution >= 4 is 23.2 Å². The average molecular weight is 302 g/mol. The molecule has 0 atom stereocenters. The van der Waals surface area contributed by atoms with Crippen LogP contribution in [0.5, 0.6) is 0 Å². The number of H-pyrrole nitrogens is 1. The number of benzene rings is 1. The molecule has 0 amide bonds. The Bertz CT molecular complexity index is 866. The fourth-order valence-corrected chi connectivity index (χ4v) is 2.54. The van der Waals surface area contributed by atoms with Crippen molar-refractivity contribution in [2.45, 2.75) is 26.7 Å². The smallest absolute Gasteiger partial charge is 0.170 e. The van der Waals surface area contributed by atoms with Gasteiger partial charge in [-0.25, -0.2) is 9.37 Å². The van der Waals surface area contributed by atoms with Crippen LogP contribution in [0.15, 0.2) is 28.7 Å². The molecule has 0 saturated heterocycles. The highest BCUT2D eigenvalue weighted by molar-refractivity contribution is 7.71. The minimum atomic E-state index is -0.363. The molecule has 1 aromatic carbocycles. The molecule has 0 spiro atoms. The van der Waals surface area contributed by atoms with Gasteiger partial charge in [-0.15, -0.1) is 0 Å². The van der Waals surface area contributed by atoms with E-state index >= 15 is 0 Å². The van der Waals surface area contributed by atoms with Crippen LogP contribution in [0, 0.1) is 17.4 Å². The van der Waals surface area contributed by atoms with Crippen LogP contribution in [-0.2, 0) is 6.42 Å². The highest BCUT2D eigenvalue weighted by atomic mass is 32.1. The minimum Gasteiger partial charge on any atom is -0.451 e. The van der Waals surface area contributed by atoms with Gasteiger partial charge in [-0.1, -0.05) is 31.3 Å². The predicted molar refractivity (Wildman–Crippen MR) is 83.3 cm³/mol. The van der Waals surface area contributed by atoms with Crippen molar-refractivity contribution in [1.82, 2.24) is 9.97 Å². The first-order valence-corrected chi connectivity index (χ1v) is 7.29. The van der Waals surface area contributed by atoms with Crippen molar-refractivity contribution in [1.29, 1.82) is 0 Å². The molecule has 0 bridgehead atoms. The summed E-state index contributed by atoms with van der Waals surface area (Å²) in [5.41, 5.74) is 1.87. The molecular formula is C16H15FN2OS. The first kappa shape index (κ1) is 13.9. The van der Waals surface area contributed by atoms with E-state index in [1.165, 1.54) is 6.07 Å². The zero-order valence-electron chi connectivity index (χ0n) is 11.9. The standard InChI is InChI=1S/C16H15FN2OS/c1-3-5-13-18-14(9(2)16(21)19-13)12-8-10-6-4-7-11(17)15(10)20-12/h4,6-8H,3,5H2,1-2H3,(H,18,19,21). The summed E-state index contributed by atoms with van der Waals surface area (Å²) >= 11 is 5.30. The van der Waals surface area contributed by atoms with Gasteiger partial charge >= 0.3 is 0 Å². The Morgan fingerprint density at radius 1 is 1.38 bits per heavy atom. The van der Waals surface area contributed by atoms with Crippen LogP contribution in [0.25, 0.3) is 22.4 Å². The number of fused-ring (bicyclic) bond motifs is 1. The van der Waals surface area contributed by atoms with Crippen LogP contribution >= 0.6 is 12.2 Å². The number of hydrogen-bond acceptors (Lipinski definition) is 3. The fourth-order valence-electron chi connectivity index (χ4n) is 2.33. The van der Waals surface area contributed by atoms with E-state index in [1.54, 1.807) is 6.07 Å². The summed E-state index contributed by atoms with van der Waals surface area (Å²) in [6.07, 6.45) is 1.78. The maximum atomic E-state index is 13.8. The zero-order valence-corrected chi connectivity index (χ0v) is 12.7. The monoisotopic (exact) mass is 302 g/mol. The van der Waals surface area contributed by atoms with Crippen LogP contribution < -0.4 is 0 Å². The molecule has 3 nitrogen and oxygen atoms in total. The van der Waals surface area contributed by atoms with Gasteiger partial charge in [0, 0.05) is 17.4 Å². The number of aromatic nitrogens is 2. The molecule has 2 aromatic heterocycles. The molecule has 108 valence electrons. The van der Waals surface area contributed by atoms with E-state index in [0.29, 0.717) is 10.4 Å². The minimum absolute atomic E-state index is 0.264. The lowest BCUT2D eigenvalue weighted by atomic mass is 10.2. The number of halogens is 1. The third-order valence-corrected chi connectivity index (χ3v) is 3.83. The molecule has 0 aliphatic carbocycles. The number of para-hydroxylation sites is 1. The van der Waals surface area contributed by atoms with Crippen LogP contribution in [0.2, 0.25) is 0 Å². The Kier molecular flexibility index (Phi) is 3.59. The van der Waals surface area contributed by atoms with Crippen molar-refractivity contribution < 1.29 is 8.81 Å². The van der Waals surface area contributed by atoms with Gasteiger partial charge in [-0.2, -0.15) is 0 Å². The normalized spacial score (nSPS) is 11.2. The van der Waals surface area contributed by atoms with Crippen molar-refractivity contribution in [3.05, 3.63) is 46.1 Å². The van der Waals surface area contributed by atoms with Gasteiger partial charge in [-0.3, -0.25) is 0 Å². The van der Waals surface area contributed by atoms with E-state index in [1.807, 2.05) is 19.1 Å². The first-order valence-electron chi connectivity index (χ1n) is 6.88. The SMILES string of the molecule is CCCc1nc(=S)c(C)c(-c2cc3cccc(F)c3o2)[nH]1. The third kappa shape index (κ3) is 2.49. The predicted octanol–water partition coefficient (Wildman–Crippen LogP) is 4.95. The van der Waals surface area contributed by atoms with Crippen LogP contribution in [-0.4, -0.2) is 9.97 Å². The van der Waals surface area contributed by atoms with Crippen molar-refractivity contribution in [2.75, 3.05) is 0 Å². The van der Waals surface area contributed by atoms with Gasteiger partial charge in [-0.05, 0) is 25.5 Å². The molecule has 0 radical (unpaired) electrons. The number of aryl methyl sites for hydroxylation is 1. The molecule has 2 heterocycles. The van der Waals surface area contributed by atoms with E-state index in [-0.39, 0.29) is 11.4 Å². The van der Waals surface area contributed by atoms with E-state index < -0.39 is 0 Å². The fraction of sp³-hybridized carbons (Fsp3) is 0.250. The highest BCUT2D eigenvalue weighted by Gasteiger charge is 2.14. The van der Waals surface area contributed by atoms with Crippen molar-refractivity contribution in [3.8, 4) is 11.5 Å². The second-order valence-electron chi connectivity index (χ2n) is 5.01. The molecule has 5 heteroatoms.